The Balaban J connectivity index is 3.01. The fourth-order valence-electron chi connectivity index (χ4n) is 1.18. The predicted molar refractivity (Wildman–Crippen MR) is 67.7 cm³/mol. The first-order valence-electron chi connectivity index (χ1n) is 4.78. The van der Waals surface area contributed by atoms with E-state index in [4.69, 9.17) is 0 Å². The number of hydrogen-bond donors (Lipinski definition) is 0. The summed E-state index contributed by atoms with van der Waals surface area (Å²) in [4.78, 5) is 22.9. The number of rotatable bonds is 4. The van der Waals surface area contributed by atoms with E-state index in [2.05, 4.69) is 36.6 Å². The molecule has 1 aromatic rings. The number of halogens is 3. The van der Waals surface area contributed by atoms with Crippen molar-refractivity contribution in [3.63, 3.8) is 0 Å². The predicted octanol–water partition coefficient (Wildman–Crippen LogP) is 3.30. The van der Waals surface area contributed by atoms with Gasteiger partial charge in [-0.1, -0.05) is 37.9 Å². The summed E-state index contributed by atoms with van der Waals surface area (Å²) in [5, 5.41) is 0. The van der Waals surface area contributed by atoms with Crippen LogP contribution in [0.3, 0.4) is 0 Å². The fourth-order valence-corrected chi connectivity index (χ4v) is 2.57. The lowest BCUT2D eigenvalue weighted by Gasteiger charge is -2.09. The third-order valence-electron chi connectivity index (χ3n) is 1.93. The van der Waals surface area contributed by atoms with Crippen LogP contribution in [0.1, 0.15) is 17.3 Å². The van der Waals surface area contributed by atoms with E-state index in [1.807, 2.05) is 0 Å². The van der Waals surface area contributed by atoms with Crippen LogP contribution in [0.5, 0.6) is 0 Å². The summed E-state index contributed by atoms with van der Waals surface area (Å²) >= 11 is 6.27. The molecule has 0 aliphatic carbocycles. The van der Waals surface area contributed by atoms with Crippen LogP contribution in [0.15, 0.2) is 27.1 Å². The molecule has 0 saturated heterocycles. The number of esters is 1. The smallest absolute Gasteiger partial charge is 0.349 e. The van der Waals surface area contributed by atoms with Gasteiger partial charge in [-0.05, 0) is 19.1 Å². The minimum absolute atomic E-state index is 0.0314. The van der Waals surface area contributed by atoms with Crippen LogP contribution < -0.4 is 0 Å². The highest BCUT2D eigenvalue weighted by Gasteiger charge is 2.31. The molecule has 0 heterocycles. The monoisotopic (exact) mass is 366 g/mol. The molecule has 92 valence electrons. The quantitative estimate of drug-likeness (QED) is 0.466. The van der Waals surface area contributed by atoms with Gasteiger partial charge in [-0.3, -0.25) is 4.79 Å². The molecule has 1 rings (SSSR count). The Morgan fingerprint density at radius 1 is 1.35 bits per heavy atom. The molecule has 0 spiro atoms. The van der Waals surface area contributed by atoms with Crippen LogP contribution in [0.25, 0.3) is 0 Å². The van der Waals surface area contributed by atoms with E-state index in [0.29, 0.717) is 8.95 Å². The lowest BCUT2D eigenvalue weighted by Crippen LogP contribution is -2.28. The van der Waals surface area contributed by atoms with Crippen molar-refractivity contribution in [2.45, 2.75) is 13.1 Å². The summed E-state index contributed by atoms with van der Waals surface area (Å²) in [7, 11) is 0. The highest BCUT2D eigenvalue weighted by atomic mass is 79.9. The minimum atomic E-state index is -2.30. The zero-order chi connectivity index (χ0) is 13.0. The lowest BCUT2D eigenvalue weighted by atomic mass is 10.1. The van der Waals surface area contributed by atoms with Gasteiger partial charge < -0.3 is 4.74 Å². The lowest BCUT2D eigenvalue weighted by molar-refractivity contribution is -0.147. The molecule has 1 aromatic carbocycles. The molecule has 0 aliphatic heterocycles. The van der Waals surface area contributed by atoms with Crippen LogP contribution in [0, 0.1) is 0 Å². The van der Waals surface area contributed by atoms with E-state index in [1.165, 1.54) is 0 Å². The number of hydrogen-bond acceptors (Lipinski definition) is 3. The van der Waals surface area contributed by atoms with Crippen LogP contribution >= 0.6 is 31.9 Å². The molecular formula is C11H9Br2FO3. The summed E-state index contributed by atoms with van der Waals surface area (Å²) in [6, 6.07) is 4.87. The minimum Gasteiger partial charge on any atom is -0.463 e. The van der Waals surface area contributed by atoms with Crippen molar-refractivity contribution in [3.8, 4) is 0 Å². The number of carbonyl (C=O) groups excluding carboxylic acids is 2. The van der Waals surface area contributed by atoms with Gasteiger partial charge in [0.1, 0.15) is 0 Å². The van der Waals surface area contributed by atoms with E-state index in [1.54, 1.807) is 25.1 Å². The maximum absolute atomic E-state index is 13.6. The second-order valence-corrected chi connectivity index (χ2v) is 4.78. The highest BCUT2D eigenvalue weighted by molar-refractivity contribution is 9.11. The number of benzene rings is 1. The molecule has 6 heteroatoms. The summed E-state index contributed by atoms with van der Waals surface area (Å²) in [5.74, 6) is -2.09. The van der Waals surface area contributed by atoms with E-state index < -0.39 is 17.9 Å². The van der Waals surface area contributed by atoms with E-state index in [0.717, 1.165) is 0 Å². The molecule has 0 saturated carbocycles. The molecular weight excluding hydrogens is 359 g/mol. The molecule has 1 unspecified atom stereocenters. The third-order valence-corrected chi connectivity index (χ3v) is 3.25. The van der Waals surface area contributed by atoms with Crippen molar-refractivity contribution in [2.75, 3.05) is 6.61 Å². The molecule has 0 amide bonds. The molecule has 0 radical (unpaired) electrons. The number of ether oxygens (including phenoxy) is 1. The number of ketones is 1. The zero-order valence-electron chi connectivity index (χ0n) is 8.88. The Morgan fingerprint density at radius 3 is 2.35 bits per heavy atom. The molecule has 0 aromatic heterocycles. The zero-order valence-corrected chi connectivity index (χ0v) is 12.0. The Labute approximate surface area is 115 Å². The largest absolute Gasteiger partial charge is 0.463 e. The number of alkyl halides is 1. The molecule has 0 N–H and O–H groups in total. The third kappa shape index (κ3) is 3.35. The van der Waals surface area contributed by atoms with E-state index >= 15 is 0 Å². The van der Waals surface area contributed by atoms with Gasteiger partial charge >= 0.3 is 5.97 Å². The second-order valence-electron chi connectivity index (χ2n) is 3.08. The van der Waals surface area contributed by atoms with Gasteiger partial charge in [-0.15, -0.1) is 0 Å². The van der Waals surface area contributed by atoms with Crippen molar-refractivity contribution < 1.29 is 18.7 Å². The van der Waals surface area contributed by atoms with Crippen LogP contribution in [-0.4, -0.2) is 24.5 Å². The molecule has 0 aliphatic rings. The standard InChI is InChI=1S/C11H9Br2FO3/c1-2-17-11(16)9(14)10(15)8-6(12)4-3-5-7(8)13/h3-5,9H,2H2,1H3. The molecule has 1 atom stereocenters. The van der Waals surface area contributed by atoms with Crippen LogP contribution in [-0.2, 0) is 9.53 Å². The number of carbonyl (C=O) groups is 2. The topological polar surface area (TPSA) is 43.4 Å². The SMILES string of the molecule is CCOC(=O)C(F)C(=O)c1c(Br)cccc1Br. The molecule has 0 fully saturated rings. The fraction of sp³-hybridized carbons (Fsp3) is 0.273. The molecule has 17 heavy (non-hydrogen) atoms. The van der Waals surface area contributed by atoms with Crippen LogP contribution in [0.2, 0.25) is 0 Å². The van der Waals surface area contributed by atoms with Crippen molar-refractivity contribution in [3.05, 3.63) is 32.7 Å². The molecule has 3 nitrogen and oxygen atoms in total. The Morgan fingerprint density at radius 2 is 1.88 bits per heavy atom. The summed E-state index contributed by atoms with van der Waals surface area (Å²) in [6.07, 6.45) is -2.30. The Hall–Kier alpha value is -0.750. The first kappa shape index (κ1) is 14.3. The van der Waals surface area contributed by atoms with Gasteiger partial charge in [0.2, 0.25) is 5.78 Å². The van der Waals surface area contributed by atoms with E-state index in [9.17, 15) is 14.0 Å². The second kappa shape index (κ2) is 6.26. The van der Waals surface area contributed by atoms with Gasteiger partial charge in [0.05, 0.1) is 6.61 Å². The summed E-state index contributed by atoms with van der Waals surface area (Å²) in [6.45, 7) is 1.58. The van der Waals surface area contributed by atoms with Gasteiger partial charge in [0, 0.05) is 14.5 Å². The van der Waals surface area contributed by atoms with Gasteiger partial charge in [-0.25, -0.2) is 9.18 Å². The van der Waals surface area contributed by atoms with Crippen molar-refractivity contribution >= 4 is 43.6 Å². The van der Waals surface area contributed by atoms with Crippen molar-refractivity contribution in [2.24, 2.45) is 0 Å². The maximum atomic E-state index is 13.6. The summed E-state index contributed by atoms with van der Waals surface area (Å²) in [5.41, 5.74) is 0.0908. The average molecular weight is 368 g/mol. The Bertz CT molecular complexity index is 428. The van der Waals surface area contributed by atoms with E-state index in [-0.39, 0.29) is 12.2 Å². The Kier molecular flexibility index (Phi) is 5.27. The van der Waals surface area contributed by atoms with Gasteiger partial charge in [-0.2, -0.15) is 0 Å². The maximum Gasteiger partial charge on any atom is 0.349 e. The highest BCUT2D eigenvalue weighted by Crippen LogP contribution is 2.27. The normalized spacial score (nSPS) is 12.0. The number of Topliss-reactive ketones (excluding diaryl/α,β-unsaturated/α-hetero) is 1. The summed E-state index contributed by atoms with van der Waals surface area (Å²) < 4.78 is 18.9. The molecule has 0 bridgehead atoms. The van der Waals surface area contributed by atoms with Crippen LogP contribution in [0.4, 0.5) is 4.39 Å². The van der Waals surface area contributed by atoms with Gasteiger partial charge in [0.25, 0.3) is 6.17 Å². The van der Waals surface area contributed by atoms with Crippen molar-refractivity contribution in [1.82, 2.24) is 0 Å². The first-order valence-corrected chi connectivity index (χ1v) is 6.36. The van der Waals surface area contributed by atoms with Gasteiger partial charge in [0.15, 0.2) is 0 Å². The average Bonchev–Trinajstić information content (AvgIpc) is 2.27. The van der Waals surface area contributed by atoms with Crippen molar-refractivity contribution in [1.29, 1.82) is 0 Å². The first-order chi connectivity index (χ1) is 7.99.